The van der Waals surface area contributed by atoms with E-state index in [9.17, 15) is 13.8 Å². The normalized spacial score (nSPS) is 11.5. The first kappa shape index (κ1) is 17.9. The monoisotopic (exact) mass is 344 g/mol. The van der Waals surface area contributed by atoms with Crippen molar-refractivity contribution < 1.29 is 13.8 Å². The number of ketones is 1. The Labute approximate surface area is 143 Å². The van der Waals surface area contributed by atoms with E-state index in [-0.39, 0.29) is 11.8 Å². The van der Waals surface area contributed by atoms with Gasteiger partial charge in [-0.15, -0.1) is 0 Å². The van der Waals surface area contributed by atoms with Gasteiger partial charge in [0.15, 0.2) is 5.78 Å². The molecule has 2 N–H and O–H groups in total. The molecule has 2 amide bonds. The molecule has 2 aromatic rings. The van der Waals surface area contributed by atoms with Crippen molar-refractivity contribution in [2.24, 2.45) is 0 Å². The molecule has 0 radical (unpaired) electrons. The molecular weight excluding hydrogens is 324 g/mol. The van der Waals surface area contributed by atoms with Crippen LogP contribution in [0.15, 0.2) is 54.6 Å². The van der Waals surface area contributed by atoms with Crippen molar-refractivity contribution in [1.29, 1.82) is 0 Å². The zero-order valence-corrected chi connectivity index (χ0v) is 14.3. The summed E-state index contributed by atoms with van der Waals surface area (Å²) in [5, 5.41) is 5.33. The summed E-state index contributed by atoms with van der Waals surface area (Å²) >= 11 is 0. The molecule has 0 saturated heterocycles. The van der Waals surface area contributed by atoms with Gasteiger partial charge >= 0.3 is 6.03 Å². The summed E-state index contributed by atoms with van der Waals surface area (Å²) in [4.78, 5) is 23.1. The minimum absolute atomic E-state index is 0.0598. The van der Waals surface area contributed by atoms with Crippen LogP contribution in [0.2, 0.25) is 0 Å². The molecule has 0 aromatic heterocycles. The second-order valence-corrected chi connectivity index (χ2v) is 6.87. The molecule has 0 aliphatic heterocycles. The SMILES string of the molecule is CC(=O)c1cccc(NC(=O)NCC[S@](=O)Cc2ccccc2)c1. The summed E-state index contributed by atoms with van der Waals surface area (Å²) in [6.45, 7) is 1.79. The Morgan fingerprint density at radius 3 is 2.50 bits per heavy atom. The van der Waals surface area contributed by atoms with Gasteiger partial charge in [-0.1, -0.05) is 42.5 Å². The number of anilines is 1. The van der Waals surface area contributed by atoms with Gasteiger partial charge in [-0.3, -0.25) is 9.00 Å². The van der Waals surface area contributed by atoms with Gasteiger partial charge in [0.05, 0.1) is 0 Å². The third-order valence-corrected chi connectivity index (χ3v) is 4.63. The van der Waals surface area contributed by atoms with Crippen molar-refractivity contribution in [3.8, 4) is 0 Å². The van der Waals surface area contributed by atoms with E-state index >= 15 is 0 Å². The van der Waals surface area contributed by atoms with Crippen LogP contribution in [0.5, 0.6) is 0 Å². The van der Waals surface area contributed by atoms with Crippen molar-refractivity contribution in [3.05, 3.63) is 65.7 Å². The topological polar surface area (TPSA) is 75.3 Å². The molecule has 6 heteroatoms. The third-order valence-electron chi connectivity index (χ3n) is 3.31. The molecule has 0 spiro atoms. The number of Topliss-reactive ketones (excluding diaryl/α,β-unsaturated/α-hetero) is 1. The highest BCUT2D eigenvalue weighted by atomic mass is 32.2. The van der Waals surface area contributed by atoms with Gasteiger partial charge in [-0.2, -0.15) is 0 Å². The minimum Gasteiger partial charge on any atom is -0.337 e. The van der Waals surface area contributed by atoms with Crippen LogP contribution in [0.4, 0.5) is 10.5 Å². The predicted octanol–water partition coefficient (Wildman–Crippen LogP) is 2.96. The number of carbonyl (C=O) groups is 2. The zero-order valence-electron chi connectivity index (χ0n) is 13.5. The lowest BCUT2D eigenvalue weighted by Crippen LogP contribution is -2.32. The Balaban J connectivity index is 1.74. The molecule has 24 heavy (non-hydrogen) atoms. The van der Waals surface area contributed by atoms with E-state index in [1.807, 2.05) is 30.3 Å². The maximum atomic E-state index is 12.0. The first-order chi connectivity index (χ1) is 11.5. The predicted molar refractivity (Wildman–Crippen MR) is 96.6 cm³/mol. The van der Waals surface area contributed by atoms with Crippen LogP contribution in [0.1, 0.15) is 22.8 Å². The van der Waals surface area contributed by atoms with E-state index in [1.165, 1.54) is 6.92 Å². The molecule has 0 aliphatic carbocycles. The summed E-state index contributed by atoms with van der Waals surface area (Å²) in [6, 6.07) is 15.9. The first-order valence-corrected chi connectivity index (χ1v) is 9.08. The minimum atomic E-state index is -1.03. The lowest BCUT2D eigenvalue weighted by molar-refractivity contribution is 0.101. The standard InChI is InChI=1S/C18H20N2O3S/c1-14(21)16-8-5-9-17(12-16)20-18(22)19-10-11-24(23)13-15-6-3-2-4-7-15/h2-9,12H,10-11,13H2,1H3,(H2,19,20,22)/t24-/m0/s1. The molecular formula is C18H20N2O3S. The lowest BCUT2D eigenvalue weighted by Gasteiger charge is -2.08. The molecule has 0 heterocycles. The van der Waals surface area contributed by atoms with Gasteiger partial charge in [-0.25, -0.2) is 4.79 Å². The van der Waals surface area contributed by atoms with Gasteiger partial charge in [0, 0.05) is 40.1 Å². The van der Waals surface area contributed by atoms with Crippen LogP contribution in [-0.4, -0.2) is 28.3 Å². The maximum Gasteiger partial charge on any atom is 0.319 e. The summed E-state index contributed by atoms with van der Waals surface area (Å²) in [5.41, 5.74) is 2.10. The van der Waals surface area contributed by atoms with E-state index < -0.39 is 10.8 Å². The lowest BCUT2D eigenvalue weighted by atomic mass is 10.1. The molecule has 0 bridgehead atoms. The number of urea groups is 1. The Morgan fingerprint density at radius 2 is 1.79 bits per heavy atom. The average Bonchev–Trinajstić information content (AvgIpc) is 2.56. The zero-order chi connectivity index (χ0) is 17.4. The third kappa shape index (κ3) is 5.96. The molecule has 5 nitrogen and oxygen atoms in total. The fraction of sp³-hybridized carbons (Fsp3) is 0.222. The second kappa shape index (κ2) is 8.98. The largest absolute Gasteiger partial charge is 0.337 e. The molecule has 0 fully saturated rings. The second-order valence-electron chi connectivity index (χ2n) is 5.29. The van der Waals surface area contributed by atoms with Gasteiger partial charge < -0.3 is 10.6 Å². The van der Waals surface area contributed by atoms with Crippen LogP contribution in [-0.2, 0) is 16.6 Å². The Hall–Kier alpha value is -2.47. The summed E-state index contributed by atoms with van der Waals surface area (Å²) in [7, 11) is -1.03. The molecule has 0 unspecified atom stereocenters. The average molecular weight is 344 g/mol. The number of hydrogen-bond donors (Lipinski definition) is 2. The van der Waals surface area contributed by atoms with Gasteiger partial charge in [-0.05, 0) is 24.6 Å². The number of nitrogens with one attached hydrogen (secondary N) is 2. The highest BCUT2D eigenvalue weighted by Gasteiger charge is 2.06. The van der Waals surface area contributed by atoms with Gasteiger partial charge in [0.1, 0.15) is 0 Å². The van der Waals surface area contributed by atoms with Crippen LogP contribution < -0.4 is 10.6 Å². The Kier molecular flexibility index (Phi) is 6.69. The smallest absolute Gasteiger partial charge is 0.319 e. The van der Waals surface area contributed by atoms with E-state index in [1.54, 1.807) is 24.3 Å². The maximum absolute atomic E-state index is 12.0. The summed E-state index contributed by atoms with van der Waals surface area (Å²) in [5.74, 6) is 0.802. The number of hydrogen-bond acceptors (Lipinski definition) is 3. The van der Waals surface area contributed by atoms with Gasteiger partial charge in [0.2, 0.25) is 0 Å². The molecule has 126 valence electrons. The Bertz CT molecular complexity index is 732. The quantitative estimate of drug-likeness (QED) is 0.758. The number of rotatable bonds is 7. The van der Waals surface area contributed by atoms with Crippen molar-refractivity contribution >= 4 is 28.3 Å². The molecule has 0 aliphatic rings. The molecule has 2 rings (SSSR count). The van der Waals surface area contributed by atoms with Crippen molar-refractivity contribution in [2.45, 2.75) is 12.7 Å². The van der Waals surface area contributed by atoms with Crippen LogP contribution in [0.25, 0.3) is 0 Å². The number of benzene rings is 2. The highest BCUT2D eigenvalue weighted by molar-refractivity contribution is 7.84. The fourth-order valence-corrected chi connectivity index (χ4v) is 3.14. The summed E-state index contributed by atoms with van der Waals surface area (Å²) < 4.78 is 12.0. The van der Waals surface area contributed by atoms with E-state index in [0.717, 1.165) is 5.56 Å². The number of carbonyl (C=O) groups excluding carboxylic acids is 2. The van der Waals surface area contributed by atoms with Crippen molar-refractivity contribution in [3.63, 3.8) is 0 Å². The van der Waals surface area contributed by atoms with E-state index in [2.05, 4.69) is 10.6 Å². The first-order valence-electron chi connectivity index (χ1n) is 7.59. The summed E-state index contributed by atoms with van der Waals surface area (Å²) in [6.07, 6.45) is 0. The van der Waals surface area contributed by atoms with Crippen LogP contribution in [0.3, 0.4) is 0 Å². The Morgan fingerprint density at radius 1 is 1.04 bits per heavy atom. The van der Waals surface area contributed by atoms with Crippen molar-refractivity contribution in [2.75, 3.05) is 17.6 Å². The van der Waals surface area contributed by atoms with E-state index in [0.29, 0.717) is 29.3 Å². The molecule has 0 saturated carbocycles. The van der Waals surface area contributed by atoms with Crippen LogP contribution in [0, 0.1) is 0 Å². The van der Waals surface area contributed by atoms with Crippen molar-refractivity contribution in [1.82, 2.24) is 5.32 Å². The van der Waals surface area contributed by atoms with Gasteiger partial charge in [0.25, 0.3) is 0 Å². The number of amides is 2. The van der Waals surface area contributed by atoms with E-state index in [4.69, 9.17) is 0 Å². The van der Waals surface area contributed by atoms with Crippen LogP contribution >= 0.6 is 0 Å². The molecule has 2 aromatic carbocycles. The highest BCUT2D eigenvalue weighted by Crippen LogP contribution is 2.10. The fourth-order valence-electron chi connectivity index (χ4n) is 2.10. The molecule has 1 atom stereocenters.